The average molecular weight is 333 g/mol. The van der Waals surface area contributed by atoms with Crippen molar-refractivity contribution in [1.29, 1.82) is 0 Å². The van der Waals surface area contributed by atoms with E-state index in [9.17, 15) is 9.59 Å². The molecule has 0 bridgehead atoms. The molecule has 0 spiro atoms. The highest BCUT2D eigenvalue weighted by molar-refractivity contribution is 5.83. The van der Waals surface area contributed by atoms with Gasteiger partial charge in [-0.1, -0.05) is 51.1 Å². The Kier molecular flexibility index (Phi) is 5.65. The molecule has 4 atom stereocenters. The monoisotopic (exact) mass is 333 g/mol. The van der Waals surface area contributed by atoms with Gasteiger partial charge in [-0.15, -0.1) is 0 Å². The Balaban J connectivity index is 2.07. The quantitative estimate of drug-likeness (QED) is 0.839. The number of carbonyl (C=O) groups is 2. The number of rotatable bonds is 6. The molecule has 1 aliphatic rings. The van der Waals surface area contributed by atoms with Crippen LogP contribution in [-0.2, 0) is 20.7 Å². The fourth-order valence-electron chi connectivity index (χ4n) is 3.07. The zero-order valence-electron chi connectivity index (χ0n) is 14.8. The van der Waals surface area contributed by atoms with Gasteiger partial charge in [-0.05, 0) is 37.2 Å². The Hall–Kier alpha value is -1.88. The minimum atomic E-state index is -1.01. The summed E-state index contributed by atoms with van der Waals surface area (Å²) >= 11 is 0. The van der Waals surface area contributed by atoms with Crippen molar-refractivity contribution in [3.8, 4) is 0 Å². The minimum absolute atomic E-state index is 0.169. The molecule has 0 radical (unpaired) electrons. The molecule has 1 amide bonds. The van der Waals surface area contributed by atoms with Gasteiger partial charge in [0.1, 0.15) is 6.10 Å². The second-order valence-corrected chi connectivity index (χ2v) is 7.32. The normalized spacial score (nSPS) is 26.1. The summed E-state index contributed by atoms with van der Waals surface area (Å²) in [4.78, 5) is 23.8. The molecule has 1 aliphatic heterocycles. The van der Waals surface area contributed by atoms with E-state index in [1.54, 1.807) is 6.92 Å². The van der Waals surface area contributed by atoms with Crippen LogP contribution in [-0.4, -0.2) is 34.7 Å². The predicted molar refractivity (Wildman–Crippen MR) is 91.6 cm³/mol. The van der Waals surface area contributed by atoms with Gasteiger partial charge in [0.2, 0.25) is 5.91 Å². The summed E-state index contributed by atoms with van der Waals surface area (Å²) in [5.74, 6) is -1.18. The van der Waals surface area contributed by atoms with Gasteiger partial charge >= 0.3 is 5.97 Å². The smallest absolute Gasteiger partial charge is 0.333 e. The molecule has 5 heteroatoms. The van der Waals surface area contributed by atoms with Crippen LogP contribution in [0.15, 0.2) is 30.3 Å². The lowest BCUT2D eigenvalue weighted by molar-refractivity contribution is -0.153. The molecule has 1 aromatic carbocycles. The van der Waals surface area contributed by atoms with E-state index in [-0.39, 0.29) is 17.7 Å². The number of benzene rings is 1. The number of hydrogen-bond acceptors (Lipinski definition) is 3. The highest BCUT2D eigenvalue weighted by Crippen LogP contribution is 2.28. The van der Waals surface area contributed by atoms with Crippen LogP contribution < -0.4 is 5.32 Å². The fourth-order valence-corrected chi connectivity index (χ4v) is 3.07. The first-order valence-electron chi connectivity index (χ1n) is 8.47. The summed E-state index contributed by atoms with van der Waals surface area (Å²) in [6, 6.07) is 10.0. The third kappa shape index (κ3) is 4.15. The molecule has 5 nitrogen and oxygen atoms in total. The van der Waals surface area contributed by atoms with Crippen molar-refractivity contribution in [3.05, 3.63) is 35.9 Å². The molecule has 1 aromatic rings. The Labute approximate surface area is 143 Å². The standard InChI is InChI=1S/C19H27NO4/c1-12(2)19(4,11-14-8-6-5-7-9-14)20-17(21)15-10-13(3)16(24-15)18(22)23/h5-9,12-13,15-16H,10-11H2,1-4H3,(H,20,21)(H,22,23)/t13-,15-,16-,19?/m0/s1. The largest absolute Gasteiger partial charge is 0.479 e. The first-order valence-corrected chi connectivity index (χ1v) is 8.47. The van der Waals surface area contributed by atoms with Gasteiger partial charge < -0.3 is 15.2 Å². The van der Waals surface area contributed by atoms with Crippen molar-refractivity contribution in [1.82, 2.24) is 5.32 Å². The van der Waals surface area contributed by atoms with E-state index < -0.39 is 23.7 Å². The van der Waals surface area contributed by atoms with Gasteiger partial charge in [0, 0.05) is 5.54 Å². The molecule has 1 unspecified atom stereocenters. The highest BCUT2D eigenvalue weighted by atomic mass is 16.5. The maximum atomic E-state index is 12.6. The Bertz CT molecular complexity index is 586. The molecule has 24 heavy (non-hydrogen) atoms. The maximum absolute atomic E-state index is 12.6. The number of aliphatic carboxylic acids is 1. The van der Waals surface area contributed by atoms with Crippen molar-refractivity contribution >= 4 is 11.9 Å². The Morgan fingerprint density at radius 3 is 2.46 bits per heavy atom. The van der Waals surface area contributed by atoms with Gasteiger partial charge in [-0.3, -0.25) is 4.79 Å². The van der Waals surface area contributed by atoms with E-state index in [0.717, 1.165) is 5.56 Å². The lowest BCUT2D eigenvalue weighted by Gasteiger charge is -2.36. The average Bonchev–Trinajstić information content (AvgIpc) is 2.90. The van der Waals surface area contributed by atoms with Crippen LogP contribution in [0.25, 0.3) is 0 Å². The third-order valence-corrected chi connectivity index (χ3v) is 5.05. The first-order chi connectivity index (χ1) is 11.2. The van der Waals surface area contributed by atoms with E-state index >= 15 is 0 Å². The van der Waals surface area contributed by atoms with Crippen LogP contribution >= 0.6 is 0 Å². The van der Waals surface area contributed by atoms with Gasteiger partial charge in [0.15, 0.2) is 6.10 Å². The summed E-state index contributed by atoms with van der Waals surface area (Å²) in [7, 11) is 0. The summed E-state index contributed by atoms with van der Waals surface area (Å²) in [5, 5.41) is 12.2. The molecule has 2 N–H and O–H groups in total. The van der Waals surface area contributed by atoms with Gasteiger partial charge in [-0.2, -0.15) is 0 Å². The molecule has 0 saturated carbocycles. The molecule has 132 valence electrons. The summed E-state index contributed by atoms with van der Waals surface area (Å²) in [6.45, 7) is 7.97. The molecule has 1 fully saturated rings. The number of amides is 1. The number of hydrogen-bond donors (Lipinski definition) is 2. The van der Waals surface area contributed by atoms with Crippen LogP contribution in [0.3, 0.4) is 0 Å². The second-order valence-electron chi connectivity index (χ2n) is 7.32. The van der Waals surface area contributed by atoms with Crippen molar-refractivity contribution in [2.24, 2.45) is 11.8 Å². The molecule has 1 heterocycles. The van der Waals surface area contributed by atoms with Crippen LogP contribution in [0.4, 0.5) is 0 Å². The first kappa shape index (κ1) is 18.5. The van der Waals surface area contributed by atoms with Crippen molar-refractivity contribution < 1.29 is 19.4 Å². The summed E-state index contributed by atoms with van der Waals surface area (Å²) in [5.41, 5.74) is 0.727. The molecule has 1 saturated heterocycles. The minimum Gasteiger partial charge on any atom is -0.479 e. The van der Waals surface area contributed by atoms with Crippen molar-refractivity contribution in [2.75, 3.05) is 0 Å². The zero-order chi connectivity index (χ0) is 17.9. The molecule has 0 aliphatic carbocycles. The maximum Gasteiger partial charge on any atom is 0.333 e. The van der Waals surface area contributed by atoms with Crippen molar-refractivity contribution in [3.63, 3.8) is 0 Å². The van der Waals surface area contributed by atoms with Gasteiger partial charge in [0.05, 0.1) is 0 Å². The fraction of sp³-hybridized carbons (Fsp3) is 0.579. The van der Waals surface area contributed by atoms with E-state index in [1.165, 1.54) is 0 Å². The van der Waals surface area contributed by atoms with Gasteiger partial charge in [-0.25, -0.2) is 4.79 Å². The molecular formula is C19H27NO4. The highest BCUT2D eigenvalue weighted by Gasteiger charge is 2.42. The topological polar surface area (TPSA) is 75.6 Å². The van der Waals surface area contributed by atoms with E-state index in [2.05, 4.69) is 19.2 Å². The number of carbonyl (C=O) groups excluding carboxylic acids is 1. The number of carboxylic acids is 1. The number of ether oxygens (including phenoxy) is 1. The Morgan fingerprint density at radius 2 is 1.96 bits per heavy atom. The predicted octanol–water partition coefficient (Wildman–Crippen LogP) is 2.64. The number of nitrogens with one attached hydrogen (secondary N) is 1. The Morgan fingerprint density at radius 1 is 1.33 bits per heavy atom. The van der Waals surface area contributed by atoms with Crippen LogP contribution in [0.2, 0.25) is 0 Å². The summed E-state index contributed by atoms with van der Waals surface area (Å²) in [6.07, 6.45) is -0.459. The SMILES string of the molecule is CC(C)C(C)(Cc1ccccc1)NC(=O)[C@@H]1C[C@H](C)[C@@H](C(=O)O)O1. The van der Waals surface area contributed by atoms with E-state index in [4.69, 9.17) is 9.84 Å². The number of carboxylic acid groups (broad SMARTS) is 1. The second kappa shape index (κ2) is 7.34. The lowest BCUT2D eigenvalue weighted by Crippen LogP contribution is -2.54. The van der Waals surface area contributed by atoms with Crippen molar-refractivity contribution in [2.45, 2.75) is 58.3 Å². The van der Waals surface area contributed by atoms with Crippen LogP contribution in [0.5, 0.6) is 0 Å². The van der Waals surface area contributed by atoms with E-state index in [0.29, 0.717) is 12.8 Å². The lowest BCUT2D eigenvalue weighted by atomic mass is 9.82. The zero-order valence-corrected chi connectivity index (χ0v) is 14.8. The molecule has 0 aromatic heterocycles. The third-order valence-electron chi connectivity index (χ3n) is 5.05. The van der Waals surface area contributed by atoms with Gasteiger partial charge in [0.25, 0.3) is 0 Å². The van der Waals surface area contributed by atoms with E-state index in [1.807, 2.05) is 37.3 Å². The molecular weight excluding hydrogens is 306 g/mol. The molecule has 2 rings (SSSR count). The van der Waals surface area contributed by atoms with Crippen LogP contribution in [0, 0.1) is 11.8 Å². The van der Waals surface area contributed by atoms with Crippen LogP contribution in [0.1, 0.15) is 39.7 Å². The summed E-state index contributed by atoms with van der Waals surface area (Å²) < 4.78 is 5.46.